The van der Waals surface area contributed by atoms with E-state index >= 15 is 0 Å². The van der Waals surface area contributed by atoms with Gasteiger partial charge < -0.3 is 10.4 Å². The van der Waals surface area contributed by atoms with Gasteiger partial charge in [0.15, 0.2) is 0 Å². The van der Waals surface area contributed by atoms with E-state index < -0.39 is 17.2 Å². The maximum Gasteiger partial charge on any atom is 0.418 e. The van der Waals surface area contributed by atoms with Gasteiger partial charge in [0.05, 0.1) is 23.4 Å². The lowest BCUT2D eigenvalue weighted by molar-refractivity contribution is -0.137. The van der Waals surface area contributed by atoms with Crippen LogP contribution in [-0.2, 0) is 17.0 Å². The van der Waals surface area contributed by atoms with E-state index in [4.69, 9.17) is 4.98 Å². The zero-order valence-corrected chi connectivity index (χ0v) is 20.9. The van der Waals surface area contributed by atoms with Gasteiger partial charge in [0.1, 0.15) is 11.6 Å². The number of pyridine rings is 1. The van der Waals surface area contributed by atoms with Crippen LogP contribution in [0.25, 0.3) is 22.2 Å². The summed E-state index contributed by atoms with van der Waals surface area (Å²) >= 11 is 0. The summed E-state index contributed by atoms with van der Waals surface area (Å²) < 4.78 is 40.9. The van der Waals surface area contributed by atoms with Gasteiger partial charge in [-0.2, -0.15) is 13.2 Å². The van der Waals surface area contributed by atoms with Crippen LogP contribution in [0.2, 0.25) is 0 Å². The Morgan fingerprint density at radius 2 is 1.58 bits per heavy atom. The second-order valence-corrected chi connectivity index (χ2v) is 10.5. The Hall–Kier alpha value is -3.52. The first-order valence-corrected chi connectivity index (χ1v) is 11.6. The molecule has 0 bridgehead atoms. The standard InChI is InChI=1S/C28H29F3N4O/c1-26(2,3)18-9-11-19(12-10-18)33-24-20-13-8-17(23-21(28(29,30)31)7-6-14-32-23)15-22(20)34-25(35-24)27(4,5)16-36/h6-15,36H,16H2,1-5H3,(H,33,34,35). The number of nitrogens with one attached hydrogen (secondary N) is 1. The predicted octanol–water partition coefficient (Wildman–Crippen LogP) is 7.02. The molecule has 0 aliphatic heterocycles. The summed E-state index contributed by atoms with van der Waals surface area (Å²) in [6.45, 7) is 9.83. The van der Waals surface area contributed by atoms with E-state index in [1.807, 2.05) is 24.3 Å². The molecule has 4 aromatic rings. The number of alkyl halides is 3. The average Bonchev–Trinajstić information content (AvgIpc) is 2.83. The average molecular weight is 495 g/mol. The van der Waals surface area contributed by atoms with Crippen molar-refractivity contribution < 1.29 is 18.3 Å². The Morgan fingerprint density at radius 3 is 2.19 bits per heavy atom. The van der Waals surface area contributed by atoms with Gasteiger partial charge in [0.2, 0.25) is 0 Å². The lowest BCUT2D eigenvalue weighted by atomic mass is 9.87. The van der Waals surface area contributed by atoms with Crippen molar-refractivity contribution >= 4 is 22.4 Å². The highest BCUT2D eigenvalue weighted by atomic mass is 19.4. The van der Waals surface area contributed by atoms with Gasteiger partial charge in [-0.05, 0) is 47.4 Å². The number of hydrogen-bond acceptors (Lipinski definition) is 5. The molecule has 0 spiro atoms. The first-order chi connectivity index (χ1) is 16.8. The fourth-order valence-corrected chi connectivity index (χ4v) is 3.80. The number of halogens is 3. The molecule has 0 atom stereocenters. The minimum Gasteiger partial charge on any atom is -0.395 e. The van der Waals surface area contributed by atoms with Crippen LogP contribution in [0.15, 0.2) is 60.8 Å². The highest BCUT2D eigenvalue weighted by Crippen LogP contribution is 2.37. The van der Waals surface area contributed by atoms with Crippen molar-refractivity contribution in [2.45, 2.75) is 51.6 Å². The van der Waals surface area contributed by atoms with E-state index in [1.54, 1.807) is 32.0 Å². The predicted molar refractivity (Wildman–Crippen MR) is 136 cm³/mol. The summed E-state index contributed by atoms with van der Waals surface area (Å²) in [5.74, 6) is 0.879. The zero-order chi connectivity index (χ0) is 26.3. The Kier molecular flexibility index (Phi) is 6.51. The van der Waals surface area contributed by atoms with Crippen molar-refractivity contribution in [2.75, 3.05) is 11.9 Å². The van der Waals surface area contributed by atoms with Crippen LogP contribution in [0.4, 0.5) is 24.7 Å². The molecular formula is C28H29F3N4O. The van der Waals surface area contributed by atoms with Crippen LogP contribution in [0, 0.1) is 0 Å². The summed E-state index contributed by atoms with van der Waals surface area (Å²) in [5.41, 5.74) is 1.00. The lowest BCUT2D eigenvalue weighted by Crippen LogP contribution is -2.25. The fraction of sp³-hybridized carbons (Fsp3) is 0.321. The maximum absolute atomic E-state index is 13.6. The van der Waals surface area contributed by atoms with Crippen molar-refractivity contribution in [1.29, 1.82) is 0 Å². The zero-order valence-electron chi connectivity index (χ0n) is 20.9. The molecule has 0 unspecified atom stereocenters. The molecule has 36 heavy (non-hydrogen) atoms. The monoisotopic (exact) mass is 494 g/mol. The van der Waals surface area contributed by atoms with E-state index in [9.17, 15) is 18.3 Å². The van der Waals surface area contributed by atoms with Gasteiger partial charge in [0.25, 0.3) is 0 Å². The van der Waals surface area contributed by atoms with Crippen LogP contribution < -0.4 is 5.32 Å². The minimum atomic E-state index is -4.54. The number of benzene rings is 2. The topological polar surface area (TPSA) is 70.9 Å². The Morgan fingerprint density at radius 1 is 0.889 bits per heavy atom. The lowest BCUT2D eigenvalue weighted by Gasteiger charge is -2.22. The second kappa shape index (κ2) is 9.17. The van der Waals surface area contributed by atoms with E-state index in [0.717, 1.165) is 11.8 Å². The molecule has 2 aromatic carbocycles. The van der Waals surface area contributed by atoms with Crippen LogP contribution in [0.1, 0.15) is 51.6 Å². The first-order valence-electron chi connectivity index (χ1n) is 11.6. The molecule has 4 rings (SSSR count). The number of nitrogens with zero attached hydrogens (tertiary/aromatic N) is 3. The van der Waals surface area contributed by atoms with Gasteiger partial charge in [-0.1, -0.05) is 52.8 Å². The van der Waals surface area contributed by atoms with Gasteiger partial charge in [-0.15, -0.1) is 0 Å². The van der Waals surface area contributed by atoms with Crippen LogP contribution >= 0.6 is 0 Å². The van der Waals surface area contributed by atoms with Gasteiger partial charge >= 0.3 is 6.18 Å². The van der Waals surface area contributed by atoms with Crippen LogP contribution in [0.5, 0.6) is 0 Å². The second-order valence-electron chi connectivity index (χ2n) is 10.5. The van der Waals surface area contributed by atoms with E-state index in [1.165, 1.54) is 17.8 Å². The molecule has 0 saturated carbocycles. The number of fused-ring (bicyclic) bond motifs is 1. The highest BCUT2D eigenvalue weighted by Gasteiger charge is 2.34. The summed E-state index contributed by atoms with van der Waals surface area (Å²) in [6, 6.07) is 15.2. The number of anilines is 2. The molecule has 0 saturated heterocycles. The quantitative estimate of drug-likeness (QED) is 0.312. The van der Waals surface area contributed by atoms with Crippen molar-refractivity contribution in [1.82, 2.24) is 15.0 Å². The van der Waals surface area contributed by atoms with E-state index in [-0.39, 0.29) is 17.7 Å². The molecule has 2 N–H and O–H groups in total. The summed E-state index contributed by atoms with van der Waals surface area (Å²) in [4.78, 5) is 13.3. The van der Waals surface area contributed by atoms with Gasteiger partial charge in [0, 0.05) is 28.2 Å². The third-order valence-electron chi connectivity index (χ3n) is 6.10. The molecule has 0 fully saturated rings. The Bertz CT molecular complexity index is 1390. The molecule has 0 aliphatic rings. The third kappa shape index (κ3) is 5.18. The van der Waals surface area contributed by atoms with Crippen LogP contribution in [-0.4, -0.2) is 26.7 Å². The number of aliphatic hydroxyl groups excluding tert-OH is 1. The highest BCUT2D eigenvalue weighted by molar-refractivity contribution is 5.93. The van der Waals surface area contributed by atoms with Crippen molar-refractivity contribution in [3.05, 3.63) is 77.7 Å². The smallest absolute Gasteiger partial charge is 0.395 e. The van der Waals surface area contributed by atoms with Crippen LogP contribution in [0.3, 0.4) is 0 Å². The SMILES string of the molecule is CC(C)(C)c1ccc(Nc2nc(C(C)(C)CO)nc3cc(-c4ncccc4C(F)(F)F)ccc23)cc1. The fourth-order valence-electron chi connectivity index (χ4n) is 3.80. The maximum atomic E-state index is 13.6. The number of rotatable bonds is 5. The summed E-state index contributed by atoms with van der Waals surface area (Å²) in [6.07, 6.45) is -3.20. The first kappa shape index (κ1) is 25.6. The molecule has 5 nitrogen and oxygen atoms in total. The van der Waals surface area contributed by atoms with Gasteiger partial charge in [-0.3, -0.25) is 4.98 Å². The Balaban J connectivity index is 1.85. The molecule has 8 heteroatoms. The molecule has 2 aromatic heterocycles. The molecule has 188 valence electrons. The van der Waals surface area contributed by atoms with E-state index in [2.05, 4.69) is 36.1 Å². The molecule has 0 aliphatic carbocycles. The normalized spacial score (nSPS) is 12.7. The van der Waals surface area contributed by atoms with E-state index in [0.29, 0.717) is 28.1 Å². The van der Waals surface area contributed by atoms with Gasteiger partial charge in [-0.25, -0.2) is 9.97 Å². The summed E-state index contributed by atoms with van der Waals surface area (Å²) in [7, 11) is 0. The number of aromatic nitrogens is 3. The third-order valence-corrected chi connectivity index (χ3v) is 6.10. The minimum absolute atomic E-state index is 0.00953. The number of hydrogen-bond donors (Lipinski definition) is 2. The molecule has 2 heterocycles. The molecule has 0 amide bonds. The van der Waals surface area contributed by atoms with Crippen molar-refractivity contribution in [3.8, 4) is 11.3 Å². The Labute approximate surface area is 208 Å². The van der Waals surface area contributed by atoms with Crippen molar-refractivity contribution in [2.24, 2.45) is 0 Å². The molecule has 0 radical (unpaired) electrons. The summed E-state index contributed by atoms with van der Waals surface area (Å²) in [5, 5.41) is 13.9. The van der Waals surface area contributed by atoms with Crippen molar-refractivity contribution in [3.63, 3.8) is 0 Å². The molecular weight excluding hydrogens is 465 g/mol. The largest absolute Gasteiger partial charge is 0.418 e. The number of aliphatic hydroxyl groups is 1.